The minimum atomic E-state index is -0.0421. The van der Waals surface area contributed by atoms with E-state index in [-0.39, 0.29) is 11.8 Å². The molecule has 4 nitrogen and oxygen atoms in total. The Labute approximate surface area is 136 Å². The van der Waals surface area contributed by atoms with E-state index in [4.69, 9.17) is 0 Å². The molecule has 0 aromatic carbocycles. The van der Waals surface area contributed by atoms with Gasteiger partial charge in [0, 0.05) is 26.1 Å². The summed E-state index contributed by atoms with van der Waals surface area (Å²) in [5, 5.41) is 4.76. The molecular formula is C17H26N2O2S. The maximum atomic E-state index is 12.2. The maximum absolute atomic E-state index is 12.2. The number of carbonyl (C=O) groups is 2. The molecular weight excluding hydrogens is 296 g/mol. The van der Waals surface area contributed by atoms with Gasteiger partial charge in [0.25, 0.3) is 5.91 Å². The first-order valence-corrected chi connectivity index (χ1v) is 9.14. The fourth-order valence-corrected chi connectivity index (χ4v) is 3.60. The zero-order chi connectivity index (χ0) is 15.8. The van der Waals surface area contributed by atoms with Crippen LogP contribution in [0.4, 0.5) is 0 Å². The van der Waals surface area contributed by atoms with Gasteiger partial charge in [0.2, 0.25) is 5.91 Å². The molecule has 0 atom stereocenters. The Hall–Kier alpha value is -1.36. The zero-order valence-corrected chi connectivity index (χ0v) is 14.2. The van der Waals surface area contributed by atoms with Crippen LogP contribution in [0.25, 0.3) is 0 Å². The molecule has 0 radical (unpaired) electrons. The number of amides is 2. The third-order valence-electron chi connectivity index (χ3n) is 4.36. The lowest BCUT2D eigenvalue weighted by Crippen LogP contribution is -2.37. The highest BCUT2D eigenvalue weighted by molar-refractivity contribution is 7.12. The molecule has 1 aliphatic carbocycles. The average Bonchev–Trinajstić information content (AvgIpc) is 2.93. The van der Waals surface area contributed by atoms with E-state index in [9.17, 15) is 9.59 Å². The largest absolute Gasteiger partial charge is 0.351 e. The molecule has 0 unspecified atom stereocenters. The van der Waals surface area contributed by atoms with Crippen molar-refractivity contribution in [2.45, 2.75) is 57.4 Å². The Bertz CT molecular complexity index is 465. The summed E-state index contributed by atoms with van der Waals surface area (Å²) in [5.41, 5.74) is 0. The van der Waals surface area contributed by atoms with Gasteiger partial charge in [-0.05, 0) is 30.7 Å². The number of carbonyl (C=O) groups excluding carboxylic acids is 2. The second-order valence-electron chi connectivity index (χ2n) is 5.99. The fraction of sp³-hybridized carbons (Fsp3) is 0.647. The van der Waals surface area contributed by atoms with Gasteiger partial charge < -0.3 is 10.2 Å². The highest BCUT2D eigenvalue weighted by Gasteiger charge is 2.20. The summed E-state index contributed by atoms with van der Waals surface area (Å²) in [7, 11) is 1.93. The summed E-state index contributed by atoms with van der Waals surface area (Å²) in [6.45, 7) is 0.557. The first-order valence-electron chi connectivity index (χ1n) is 8.26. The predicted molar refractivity (Wildman–Crippen MR) is 90.1 cm³/mol. The monoisotopic (exact) mass is 322 g/mol. The lowest BCUT2D eigenvalue weighted by Gasteiger charge is -2.27. The number of hydrogen-bond donors (Lipinski definition) is 1. The Morgan fingerprint density at radius 2 is 2.00 bits per heavy atom. The second kappa shape index (κ2) is 8.93. The molecule has 1 saturated carbocycles. The van der Waals surface area contributed by atoms with Gasteiger partial charge in [-0.2, -0.15) is 0 Å². The van der Waals surface area contributed by atoms with E-state index < -0.39 is 0 Å². The molecule has 5 heteroatoms. The van der Waals surface area contributed by atoms with Crippen molar-refractivity contribution in [3.8, 4) is 0 Å². The minimum absolute atomic E-state index is 0.0421. The van der Waals surface area contributed by atoms with Gasteiger partial charge >= 0.3 is 0 Å². The van der Waals surface area contributed by atoms with Crippen LogP contribution >= 0.6 is 11.3 Å². The van der Waals surface area contributed by atoms with Gasteiger partial charge in [-0.3, -0.25) is 9.59 Å². The van der Waals surface area contributed by atoms with Crippen molar-refractivity contribution >= 4 is 23.2 Å². The predicted octanol–water partition coefficient (Wildman–Crippen LogP) is 3.44. The number of nitrogens with zero attached hydrogens (tertiary/aromatic N) is 1. The van der Waals surface area contributed by atoms with Crippen LogP contribution in [0.1, 0.15) is 61.0 Å². The van der Waals surface area contributed by atoms with Gasteiger partial charge in [-0.1, -0.05) is 31.7 Å². The summed E-state index contributed by atoms with van der Waals surface area (Å²) in [6, 6.07) is 4.09. The molecule has 1 fully saturated rings. The molecule has 1 heterocycles. The molecule has 0 bridgehead atoms. The van der Waals surface area contributed by atoms with Crippen LogP contribution < -0.4 is 5.32 Å². The SMILES string of the molecule is CN(C(=O)CCCNC(=O)c1cccs1)C1CCCCCC1. The third-order valence-corrected chi connectivity index (χ3v) is 5.23. The molecule has 2 rings (SSSR count). The van der Waals surface area contributed by atoms with Gasteiger partial charge in [-0.25, -0.2) is 0 Å². The summed E-state index contributed by atoms with van der Waals surface area (Å²) in [4.78, 5) is 26.7. The molecule has 0 aliphatic heterocycles. The van der Waals surface area contributed by atoms with Crippen molar-refractivity contribution in [2.75, 3.05) is 13.6 Å². The van der Waals surface area contributed by atoms with Crippen molar-refractivity contribution in [3.63, 3.8) is 0 Å². The van der Waals surface area contributed by atoms with Gasteiger partial charge in [0.05, 0.1) is 4.88 Å². The number of nitrogens with one attached hydrogen (secondary N) is 1. The molecule has 0 saturated heterocycles. The Balaban J connectivity index is 1.65. The Morgan fingerprint density at radius 1 is 1.27 bits per heavy atom. The smallest absolute Gasteiger partial charge is 0.261 e. The first kappa shape index (κ1) is 17.0. The third kappa shape index (κ3) is 5.13. The van der Waals surface area contributed by atoms with Crippen LogP contribution in [-0.2, 0) is 4.79 Å². The average molecular weight is 322 g/mol. The first-order chi connectivity index (χ1) is 10.7. The van der Waals surface area contributed by atoms with Gasteiger partial charge in [0.15, 0.2) is 0 Å². The van der Waals surface area contributed by atoms with E-state index in [0.29, 0.717) is 25.4 Å². The van der Waals surface area contributed by atoms with Crippen LogP contribution in [0.3, 0.4) is 0 Å². The lowest BCUT2D eigenvalue weighted by molar-refractivity contribution is -0.132. The van der Waals surface area contributed by atoms with Crippen LogP contribution in [0.2, 0.25) is 0 Å². The van der Waals surface area contributed by atoms with E-state index in [1.807, 2.05) is 29.5 Å². The van der Waals surface area contributed by atoms with E-state index in [2.05, 4.69) is 5.32 Å². The van der Waals surface area contributed by atoms with E-state index in [1.54, 1.807) is 0 Å². The Morgan fingerprint density at radius 3 is 2.64 bits per heavy atom. The minimum Gasteiger partial charge on any atom is -0.351 e. The van der Waals surface area contributed by atoms with Crippen molar-refractivity contribution < 1.29 is 9.59 Å². The van der Waals surface area contributed by atoms with Crippen LogP contribution in [0.5, 0.6) is 0 Å². The maximum Gasteiger partial charge on any atom is 0.261 e. The molecule has 1 N–H and O–H groups in total. The van der Waals surface area contributed by atoms with Crippen molar-refractivity contribution in [1.29, 1.82) is 0 Å². The molecule has 2 amide bonds. The van der Waals surface area contributed by atoms with Crippen molar-refractivity contribution in [1.82, 2.24) is 10.2 Å². The Kier molecular flexibility index (Phi) is 6.90. The van der Waals surface area contributed by atoms with Gasteiger partial charge in [0.1, 0.15) is 0 Å². The summed E-state index contributed by atoms with van der Waals surface area (Å²) < 4.78 is 0. The second-order valence-corrected chi connectivity index (χ2v) is 6.93. The van der Waals surface area contributed by atoms with Crippen molar-refractivity contribution in [2.24, 2.45) is 0 Å². The van der Waals surface area contributed by atoms with Gasteiger partial charge in [-0.15, -0.1) is 11.3 Å². The molecule has 22 heavy (non-hydrogen) atoms. The molecule has 1 aromatic heterocycles. The number of thiophene rings is 1. The topological polar surface area (TPSA) is 49.4 Å². The standard InChI is InChI=1S/C17H26N2O2S/c1-19(14-8-4-2-3-5-9-14)16(20)11-6-12-18-17(21)15-10-7-13-22-15/h7,10,13-14H,2-6,8-9,11-12H2,1H3,(H,18,21). The zero-order valence-electron chi connectivity index (χ0n) is 13.3. The van der Waals surface area contributed by atoms with Crippen LogP contribution in [0.15, 0.2) is 17.5 Å². The number of rotatable bonds is 6. The summed E-state index contributed by atoms with van der Waals surface area (Å²) in [5.74, 6) is 0.164. The molecule has 1 aromatic rings. The molecule has 122 valence electrons. The highest BCUT2D eigenvalue weighted by atomic mass is 32.1. The molecule has 1 aliphatic rings. The van der Waals surface area contributed by atoms with E-state index in [1.165, 1.54) is 37.0 Å². The normalized spacial score (nSPS) is 16.0. The van der Waals surface area contributed by atoms with Crippen LogP contribution in [0, 0.1) is 0 Å². The fourth-order valence-electron chi connectivity index (χ4n) is 2.96. The van der Waals surface area contributed by atoms with E-state index in [0.717, 1.165) is 17.7 Å². The number of hydrogen-bond acceptors (Lipinski definition) is 3. The lowest BCUT2D eigenvalue weighted by atomic mass is 10.1. The highest BCUT2D eigenvalue weighted by Crippen LogP contribution is 2.21. The summed E-state index contributed by atoms with van der Waals surface area (Å²) in [6.07, 6.45) is 8.55. The summed E-state index contributed by atoms with van der Waals surface area (Å²) >= 11 is 1.43. The van der Waals surface area contributed by atoms with Crippen molar-refractivity contribution in [3.05, 3.63) is 22.4 Å². The molecule has 0 spiro atoms. The van der Waals surface area contributed by atoms with E-state index >= 15 is 0 Å². The quantitative estimate of drug-likeness (QED) is 0.644. The van der Waals surface area contributed by atoms with Crippen LogP contribution in [-0.4, -0.2) is 36.3 Å².